The predicted octanol–water partition coefficient (Wildman–Crippen LogP) is 1.74. The van der Waals surface area contributed by atoms with Gasteiger partial charge in [-0.1, -0.05) is 0 Å². The summed E-state index contributed by atoms with van der Waals surface area (Å²) in [4.78, 5) is 6.50. The molecule has 18 heavy (non-hydrogen) atoms. The summed E-state index contributed by atoms with van der Waals surface area (Å²) in [6.45, 7) is 4.75. The van der Waals surface area contributed by atoms with Crippen LogP contribution in [-0.2, 0) is 6.54 Å². The molecule has 1 aliphatic heterocycles. The topological polar surface area (TPSA) is 33.1 Å². The Bertz CT molecular complexity index is 310. The monoisotopic (exact) mass is 250 g/mol. The lowest BCUT2D eigenvalue weighted by Crippen LogP contribution is -2.31. The van der Waals surface area contributed by atoms with Crippen LogP contribution in [0.25, 0.3) is 0 Å². The van der Waals surface area contributed by atoms with E-state index in [1.165, 1.54) is 45.2 Å². The van der Waals surface area contributed by atoms with E-state index in [1.807, 2.05) is 18.7 Å². The molecular weight excluding hydrogens is 224 g/mol. The first-order valence-electron chi connectivity index (χ1n) is 7.22. The van der Waals surface area contributed by atoms with E-state index in [2.05, 4.69) is 26.8 Å². The van der Waals surface area contributed by atoms with Crippen LogP contribution >= 0.6 is 0 Å². The molecule has 1 unspecified atom stereocenters. The highest BCUT2D eigenvalue weighted by Crippen LogP contribution is 2.09. The van der Waals surface area contributed by atoms with Crippen LogP contribution in [0.5, 0.6) is 0 Å². The van der Waals surface area contributed by atoms with Gasteiger partial charge in [0.1, 0.15) is 0 Å². The molecule has 1 aliphatic rings. The fraction of sp³-hybridized carbons (Fsp3) is 0.786. The normalized spacial score (nSPS) is 21.9. The van der Waals surface area contributed by atoms with E-state index in [-0.39, 0.29) is 0 Å². The predicted molar refractivity (Wildman–Crippen MR) is 74.6 cm³/mol. The van der Waals surface area contributed by atoms with Crippen molar-refractivity contribution in [2.45, 2.75) is 44.7 Å². The zero-order chi connectivity index (χ0) is 12.6. The van der Waals surface area contributed by atoms with Gasteiger partial charge in [-0.05, 0) is 58.8 Å². The van der Waals surface area contributed by atoms with Gasteiger partial charge in [-0.25, -0.2) is 4.98 Å². The highest BCUT2D eigenvalue weighted by molar-refractivity contribution is 4.75. The van der Waals surface area contributed by atoms with E-state index < -0.39 is 0 Å². The number of nitrogens with zero attached hydrogens (tertiary/aromatic N) is 3. The molecule has 1 aromatic rings. The van der Waals surface area contributed by atoms with Crippen LogP contribution in [-0.4, -0.2) is 47.2 Å². The van der Waals surface area contributed by atoms with Crippen LogP contribution < -0.4 is 5.32 Å². The van der Waals surface area contributed by atoms with Gasteiger partial charge in [0.15, 0.2) is 0 Å². The first-order chi connectivity index (χ1) is 8.84. The smallest absolute Gasteiger partial charge is 0.0945 e. The zero-order valence-corrected chi connectivity index (χ0v) is 11.5. The molecule has 2 rings (SSSR count). The van der Waals surface area contributed by atoms with Crippen LogP contribution in [0.4, 0.5) is 0 Å². The summed E-state index contributed by atoms with van der Waals surface area (Å²) in [5, 5.41) is 3.71. The number of unbranched alkanes of at least 4 members (excludes halogenated alkanes) is 1. The third-order valence-corrected chi connectivity index (χ3v) is 3.79. The molecular formula is C14H26N4. The van der Waals surface area contributed by atoms with E-state index in [4.69, 9.17) is 0 Å². The Morgan fingerprint density at radius 3 is 3.06 bits per heavy atom. The van der Waals surface area contributed by atoms with E-state index in [0.29, 0.717) is 0 Å². The maximum absolute atomic E-state index is 4.05. The number of imidazole rings is 1. The van der Waals surface area contributed by atoms with Crippen molar-refractivity contribution < 1.29 is 0 Å². The fourth-order valence-corrected chi connectivity index (χ4v) is 2.59. The van der Waals surface area contributed by atoms with Crippen LogP contribution in [0.3, 0.4) is 0 Å². The van der Waals surface area contributed by atoms with Gasteiger partial charge < -0.3 is 14.8 Å². The highest BCUT2D eigenvalue weighted by Gasteiger charge is 2.13. The Labute approximate surface area is 110 Å². The largest absolute Gasteiger partial charge is 0.337 e. The van der Waals surface area contributed by atoms with E-state index in [0.717, 1.165) is 19.1 Å². The molecule has 0 bridgehead atoms. The number of rotatable bonds is 6. The Morgan fingerprint density at radius 1 is 1.28 bits per heavy atom. The van der Waals surface area contributed by atoms with Gasteiger partial charge in [0.05, 0.1) is 6.33 Å². The van der Waals surface area contributed by atoms with Crippen molar-refractivity contribution in [1.29, 1.82) is 0 Å². The molecule has 1 aromatic heterocycles. The number of hydrogen-bond acceptors (Lipinski definition) is 3. The minimum atomic E-state index is 0.739. The molecule has 0 spiro atoms. The lowest BCUT2D eigenvalue weighted by atomic mass is 10.1. The van der Waals surface area contributed by atoms with Crippen molar-refractivity contribution in [3.05, 3.63) is 18.7 Å². The minimum Gasteiger partial charge on any atom is -0.337 e. The SMILES string of the molecule is CN1CCCC(NCCCCn2ccnc2)CC1. The Morgan fingerprint density at radius 2 is 2.22 bits per heavy atom. The molecule has 0 amide bonds. The van der Waals surface area contributed by atoms with Gasteiger partial charge in [0, 0.05) is 25.0 Å². The van der Waals surface area contributed by atoms with Crippen LogP contribution in [0, 0.1) is 0 Å². The Hall–Kier alpha value is -0.870. The second-order valence-corrected chi connectivity index (χ2v) is 5.39. The fourth-order valence-electron chi connectivity index (χ4n) is 2.59. The average Bonchev–Trinajstić information content (AvgIpc) is 2.79. The molecule has 2 heterocycles. The highest BCUT2D eigenvalue weighted by atomic mass is 15.1. The standard InChI is InChI=1S/C14H26N4/c1-17-9-4-5-14(6-11-17)16-7-2-3-10-18-12-8-15-13-18/h8,12-14,16H,2-7,9-11H2,1H3. The van der Waals surface area contributed by atoms with Gasteiger partial charge in [-0.3, -0.25) is 0 Å². The van der Waals surface area contributed by atoms with Crippen LogP contribution in [0.1, 0.15) is 32.1 Å². The van der Waals surface area contributed by atoms with Gasteiger partial charge in [-0.15, -0.1) is 0 Å². The van der Waals surface area contributed by atoms with Gasteiger partial charge in [-0.2, -0.15) is 0 Å². The quantitative estimate of drug-likeness (QED) is 0.781. The van der Waals surface area contributed by atoms with Crippen LogP contribution in [0.15, 0.2) is 18.7 Å². The second kappa shape index (κ2) is 7.54. The molecule has 102 valence electrons. The molecule has 4 nitrogen and oxygen atoms in total. The van der Waals surface area contributed by atoms with Gasteiger partial charge in [0.25, 0.3) is 0 Å². The summed E-state index contributed by atoms with van der Waals surface area (Å²) in [5.74, 6) is 0. The van der Waals surface area contributed by atoms with E-state index in [9.17, 15) is 0 Å². The molecule has 1 saturated heterocycles. The molecule has 1 fully saturated rings. The maximum Gasteiger partial charge on any atom is 0.0945 e. The molecule has 0 aromatic carbocycles. The average molecular weight is 250 g/mol. The molecule has 0 aliphatic carbocycles. The lowest BCUT2D eigenvalue weighted by Gasteiger charge is -2.16. The summed E-state index contributed by atoms with van der Waals surface area (Å²) in [6.07, 6.45) is 12.2. The number of aryl methyl sites for hydroxylation is 1. The van der Waals surface area contributed by atoms with Crippen molar-refractivity contribution >= 4 is 0 Å². The number of likely N-dealkylation sites (tertiary alicyclic amines) is 1. The Kier molecular flexibility index (Phi) is 5.68. The zero-order valence-electron chi connectivity index (χ0n) is 11.5. The summed E-state index contributed by atoms with van der Waals surface area (Å²) in [7, 11) is 2.23. The third kappa shape index (κ3) is 4.78. The first kappa shape index (κ1) is 13.6. The third-order valence-electron chi connectivity index (χ3n) is 3.79. The maximum atomic E-state index is 4.05. The first-order valence-corrected chi connectivity index (χ1v) is 7.22. The van der Waals surface area contributed by atoms with E-state index in [1.54, 1.807) is 0 Å². The summed E-state index contributed by atoms with van der Waals surface area (Å²) >= 11 is 0. The molecule has 1 atom stereocenters. The minimum absolute atomic E-state index is 0.739. The second-order valence-electron chi connectivity index (χ2n) is 5.39. The Balaban J connectivity index is 1.52. The summed E-state index contributed by atoms with van der Waals surface area (Å²) < 4.78 is 2.15. The molecule has 0 radical (unpaired) electrons. The number of aromatic nitrogens is 2. The van der Waals surface area contributed by atoms with Crippen molar-refractivity contribution in [2.75, 3.05) is 26.7 Å². The van der Waals surface area contributed by atoms with E-state index >= 15 is 0 Å². The molecule has 1 N–H and O–H groups in total. The van der Waals surface area contributed by atoms with Gasteiger partial charge in [0.2, 0.25) is 0 Å². The van der Waals surface area contributed by atoms with Crippen molar-refractivity contribution in [3.63, 3.8) is 0 Å². The number of nitrogens with one attached hydrogen (secondary N) is 1. The summed E-state index contributed by atoms with van der Waals surface area (Å²) in [6, 6.07) is 0.739. The van der Waals surface area contributed by atoms with Crippen LogP contribution in [0.2, 0.25) is 0 Å². The van der Waals surface area contributed by atoms with Crippen molar-refractivity contribution in [2.24, 2.45) is 0 Å². The lowest BCUT2D eigenvalue weighted by molar-refractivity contribution is 0.343. The summed E-state index contributed by atoms with van der Waals surface area (Å²) in [5.41, 5.74) is 0. The van der Waals surface area contributed by atoms with Crippen molar-refractivity contribution in [3.8, 4) is 0 Å². The number of hydrogen-bond donors (Lipinski definition) is 1. The van der Waals surface area contributed by atoms with Crippen molar-refractivity contribution in [1.82, 2.24) is 19.8 Å². The molecule has 4 heteroatoms. The molecule has 0 saturated carbocycles. The van der Waals surface area contributed by atoms with Gasteiger partial charge >= 0.3 is 0 Å².